The minimum atomic E-state index is -1.04. The minimum Gasteiger partial charge on any atom is -0.480 e. The van der Waals surface area contributed by atoms with Gasteiger partial charge in [0.05, 0.1) is 16.9 Å². The summed E-state index contributed by atoms with van der Waals surface area (Å²) in [4.78, 5) is 23.4. The number of nitrogens with one attached hydrogen (secondary N) is 1. The van der Waals surface area contributed by atoms with Gasteiger partial charge in [0.2, 0.25) is 0 Å². The summed E-state index contributed by atoms with van der Waals surface area (Å²) in [5.74, 6) is -1.21. The molecular formula is C15H15ClN4O3. The van der Waals surface area contributed by atoms with Crippen LogP contribution in [0.15, 0.2) is 30.5 Å². The third-order valence-electron chi connectivity index (χ3n) is 3.69. The zero-order valence-corrected chi connectivity index (χ0v) is 12.9. The summed E-state index contributed by atoms with van der Waals surface area (Å²) in [7, 11) is 0. The molecule has 120 valence electrons. The Hall–Kier alpha value is -2.41. The maximum atomic E-state index is 12.2. The van der Waals surface area contributed by atoms with Crippen LogP contribution in [0, 0.1) is 5.92 Å². The number of halogens is 1. The van der Waals surface area contributed by atoms with Gasteiger partial charge in [-0.3, -0.25) is 4.79 Å². The Morgan fingerprint density at radius 1 is 1.39 bits per heavy atom. The number of nitrogens with zero attached hydrogens (tertiary/aromatic N) is 3. The maximum Gasteiger partial charge on any atom is 0.326 e. The molecule has 1 aromatic heterocycles. The fraction of sp³-hybridized carbons (Fsp3) is 0.333. The molecule has 8 heteroatoms. The van der Waals surface area contributed by atoms with Gasteiger partial charge in [0.25, 0.3) is 5.91 Å². The first-order valence-electron chi connectivity index (χ1n) is 7.25. The van der Waals surface area contributed by atoms with Gasteiger partial charge >= 0.3 is 5.97 Å². The first kappa shape index (κ1) is 15.5. The molecule has 1 aromatic carbocycles. The van der Waals surface area contributed by atoms with E-state index < -0.39 is 17.9 Å². The van der Waals surface area contributed by atoms with E-state index in [2.05, 4.69) is 15.6 Å². The Morgan fingerprint density at radius 2 is 2.13 bits per heavy atom. The van der Waals surface area contributed by atoms with Crippen LogP contribution in [0.5, 0.6) is 0 Å². The Morgan fingerprint density at radius 3 is 2.78 bits per heavy atom. The fourth-order valence-electron chi connectivity index (χ4n) is 2.26. The van der Waals surface area contributed by atoms with Crippen molar-refractivity contribution >= 4 is 23.5 Å². The van der Waals surface area contributed by atoms with E-state index in [0.717, 1.165) is 12.8 Å². The molecule has 0 aliphatic heterocycles. The highest BCUT2D eigenvalue weighted by Crippen LogP contribution is 2.33. The maximum absolute atomic E-state index is 12.2. The van der Waals surface area contributed by atoms with Crippen molar-refractivity contribution < 1.29 is 14.7 Å². The Kier molecular flexibility index (Phi) is 4.29. The first-order valence-corrected chi connectivity index (χ1v) is 7.63. The molecular weight excluding hydrogens is 320 g/mol. The normalized spacial score (nSPS) is 15.2. The van der Waals surface area contributed by atoms with Crippen LogP contribution in [0.1, 0.15) is 29.8 Å². The van der Waals surface area contributed by atoms with Crippen LogP contribution in [-0.4, -0.2) is 38.0 Å². The summed E-state index contributed by atoms with van der Waals surface area (Å²) in [6.45, 7) is 0. The van der Waals surface area contributed by atoms with E-state index in [9.17, 15) is 14.7 Å². The number of carboxylic acid groups (broad SMARTS) is 1. The highest BCUT2D eigenvalue weighted by molar-refractivity contribution is 6.32. The number of carbonyl (C=O) groups is 2. The second-order valence-electron chi connectivity index (χ2n) is 5.54. The predicted molar refractivity (Wildman–Crippen MR) is 82.6 cm³/mol. The van der Waals surface area contributed by atoms with E-state index in [0.29, 0.717) is 23.0 Å². The second kappa shape index (κ2) is 6.37. The van der Waals surface area contributed by atoms with Gasteiger partial charge in [-0.2, -0.15) is 0 Å². The zero-order valence-electron chi connectivity index (χ0n) is 12.1. The van der Waals surface area contributed by atoms with Crippen LogP contribution in [0.2, 0.25) is 5.02 Å². The number of carbonyl (C=O) groups excluding carboxylic acids is 1. The number of hydrogen-bond donors (Lipinski definition) is 2. The van der Waals surface area contributed by atoms with Gasteiger partial charge in [-0.15, -0.1) is 5.10 Å². The largest absolute Gasteiger partial charge is 0.480 e. The molecule has 7 nitrogen and oxygen atoms in total. The van der Waals surface area contributed by atoms with E-state index >= 15 is 0 Å². The lowest BCUT2D eigenvalue weighted by Crippen LogP contribution is -2.41. The van der Waals surface area contributed by atoms with Gasteiger partial charge in [-0.25, -0.2) is 9.48 Å². The van der Waals surface area contributed by atoms with Crippen molar-refractivity contribution in [2.24, 2.45) is 5.92 Å². The number of benzene rings is 1. The van der Waals surface area contributed by atoms with Crippen molar-refractivity contribution in [3.63, 3.8) is 0 Å². The second-order valence-corrected chi connectivity index (χ2v) is 5.95. The van der Waals surface area contributed by atoms with Crippen LogP contribution < -0.4 is 5.32 Å². The van der Waals surface area contributed by atoms with Crippen molar-refractivity contribution in [2.75, 3.05) is 0 Å². The molecule has 3 rings (SSSR count). The summed E-state index contributed by atoms with van der Waals surface area (Å²) in [6, 6.07) is 6.12. The van der Waals surface area contributed by atoms with Crippen molar-refractivity contribution in [2.45, 2.75) is 25.3 Å². The Bertz CT molecular complexity index is 742. The summed E-state index contributed by atoms with van der Waals surface area (Å²) in [5.41, 5.74) is 0.639. The average Bonchev–Trinajstić information content (AvgIpc) is 3.20. The predicted octanol–water partition coefficient (Wildman–Crippen LogP) is 1.90. The molecule has 2 aromatic rings. The highest BCUT2D eigenvalue weighted by atomic mass is 35.5. The summed E-state index contributed by atoms with van der Waals surface area (Å²) < 4.78 is 1.38. The molecule has 23 heavy (non-hydrogen) atoms. The number of aliphatic carboxylic acids is 1. The lowest BCUT2D eigenvalue weighted by Gasteiger charge is -2.12. The topological polar surface area (TPSA) is 97.1 Å². The first-order chi connectivity index (χ1) is 11.0. The van der Waals surface area contributed by atoms with Gasteiger partial charge < -0.3 is 10.4 Å². The molecule has 1 saturated carbocycles. The molecule has 2 N–H and O–H groups in total. The molecule has 1 heterocycles. The number of aromatic nitrogens is 3. The SMILES string of the molecule is O=C(NC(CC1CC1)C(=O)O)c1cn(-c2ccccc2Cl)nn1. The molecule has 0 spiro atoms. The third kappa shape index (κ3) is 3.68. The summed E-state index contributed by atoms with van der Waals surface area (Å²) in [5, 5.41) is 19.8. The smallest absolute Gasteiger partial charge is 0.326 e. The average molecular weight is 335 g/mol. The van der Waals surface area contributed by atoms with Gasteiger partial charge in [-0.1, -0.05) is 41.8 Å². The third-order valence-corrected chi connectivity index (χ3v) is 4.01. The number of hydrogen-bond acceptors (Lipinski definition) is 4. The number of amides is 1. The van der Waals surface area contributed by atoms with Crippen molar-refractivity contribution in [1.29, 1.82) is 0 Å². The molecule has 1 aliphatic carbocycles. The van der Waals surface area contributed by atoms with Crippen molar-refractivity contribution in [1.82, 2.24) is 20.3 Å². The van der Waals surface area contributed by atoms with Gasteiger partial charge in [0.1, 0.15) is 6.04 Å². The summed E-state index contributed by atoms with van der Waals surface area (Å²) in [6.07, 6.45) is 3.90. The molecule has 1 amide bonds. The highest BCUT2D eigenvalue weighted by Gasteiger charge is 2.30. The fourth-order valence-corrected chi connectivity index (χ4v) is 2.49. The van der Waals surface area contributed by atoms with Gasteiger partial charge in [-0.05, 0) is 24.5 Å². The molecule has 0 saturated heterocycles. The van der Waals surface area contributed by atoms with Crippen molar-refractivity contribution in [3.8, 4) is 5.69 Å². The Balaban J connectivity index is 1.73. The van der Waals surface area contributed by atoms with Gasteiger partial charge in [0.15, 0.2) is 5.69 Å². The Labute approximate surface area is 137 Å². The summed E-state index contributed by atoms with van der Waals surface area (Å²) >= 11 is 6.07. The quantitative estimate of drug-likeness (QED) is 0.841. The van der Waals surface area contributed by atoms with Crippen molar-refractivity contribution in [3.05, 3.63) is 41.2 Å². The van der Waals surface area contributed by atoms with E-state index in [1.165, 1.54) is 10.9 Å². The molecule has 1 fully saturated rings. The standard InChI is InChI=1S/C15H15ClN4O3/c16-10-3-1-2-4-13(10)20-8-12(18-19-20)14(21)17-11(15(22)23)7-9-5-6-9/h1-4,8-9,11H,5-7H2,(H,17,21)(H,22,23). The van der Waals surface area contributed by atoms with E-state index in [1.807, 2.05) is 0 Å². The van der Waals surface area contributed by atoms with E-state index in [4.69, 9.17) is 11.6 Å². The molecule has 0 radical (unpaired) electrons. The zero-order chi connectivity index (χ0) is 16.4. The molecule has 1 aliphatic rings. The van der Waals surface area contributed by atoms with Gasteiger partial charge in [0, 0.05) is 0 Å². The van der Waals surface area contributed by atoms with E-state index in [1.54, 1.807) is 24.3 Å². The molecule has 1 unspecified atom stereocenters. The van der Waals surface area contributed by atoms with Crippen LogP contribution in [0.25, 0.3) is 5.69 Å². The molecule has 1 atom stereocenters. The van der Waals surface area contributed by atoms with Crippen LogP contribution >= 0.6 is 11.6 Å². The van der Waals surface area contributed by atoms with Crippen LogP contribution in [0.3, 0.4) is 0 Å². The number of rotatable bonds is 6. The van der Waals surface area contributed by atoms with E-state index in [-0.39, 0.29) is 5.69 Å². The minimum absolute atomic E-state index is 0.0481. The van der Waals surface area contributed by atoms with Crippen LogP contribution in [0.4, 0.5) is 0 Å². The number of carboxylic acids is 1. The molecule has 0 bridgehead atoms. The number of para-hydroxylation sites is 1. The lowest BCUT2D eigenvalue weighted by atomic mass is 10.1. The monoisotopic (exact) mass is 334 g/mol. The lowest BCUT2D eigenvalue weighted by molar-refractivity contribution is -0.139. The van der Waals surface area contributed by atoms with Crippen LogP contribution in [-0.2, 0) is 4.79 Å².